The molecule has 0 aromatic carbocycles. The van der Waals surface area contributed by atoms with Crippen molar-refractivity contribution in [3.63, 3.8) is 0 Å². The van der Waals surface area contributed by atoms with Gasteiger partial charge < -0.3 is 4.90 Å². The molecule has 0 aliphatic heterocycles. The Morgan fingerprint density at radius 1 is 1.42 bits per heavy atom. The van der Waals surface area contributed by atoms with Crippen LogP contribution < -0.4 is 0 Å². The summed E-state index contributed by atoms with van der Waals surface area (Å²) < 4.78 is 0. The monoisotopic (exact) mass is 187 g/mol. The summed E-state index contributed by atoms with van der Waals surface area (Å²) in [4.78, 5) is 2.44. The maximum atomic E-state index is 4.45. The predicted octanol–water partition coefficient (Wildman–Crippen LogP) is 2.43. The molecule has 0 unspecified atom stereocenters. The Morgan fingerprint density at radius 2 is 2.00 bits per heavy atom. The minimum atomic E-state index is 0.558. The normalized spacial score (nSPS) is 21.5. The first-order valence-corrected chi connectivity index (χ1v) is 5.54. The van der Waals surface area contributed by atoms with Crippen LogP contribution in [-0.2, 0) is 0 Å². The molecule has 2 heteroatoms. The van der Waals surface area contributed by atoms with Crippen molar-refractivity contribution < 1.29 is 0 Å². The third kappa shape index (κ3) is 2.17. The SMILES string of the molecule is CC(C)N(C)CC1(CS)CCC1. The topological polar surface area (TPSA) is 3.24 Å². The summed E-state index contributed by atoms with van der Waals surface area (Å²) in [5.74, 6) is 1.06. The molecule has 0 saturated heterocycles. The van der Waals surface area contributed by atoms with E-state index in [0.717, 1.165) is 5.75 Å². The average molecular weight is 187 g/mol. The van der Waals surface area contributed by atoms with E-state index in [0.29, 0.717) is 11.5 Å². The lowest BCUT2D eigenvalue weighted by Crippen LogP contribution is -2.44. The van der Waals surface area contributed by atoms with Crippen LogP contribution in [0.25, 0.3) is 0 Å². The van der Waals surface area contributed by atoms with E-state index in [2.05, 4.69) is 38.4 Å². The van der Waals surface area contributed by atoms with Gasteiger partial charge in [-0.15, -0.1) is 0 Å². The number of rotatable bonds is 4. The number of thiol groups is 1. The van der Waals surface area contributed by atoms with E-state index in [1.807, 2.05) is 0 Å². The lowest BCUT2D eigenvalue weighted by Gasteiger charge is -2.44. The largest absolute Gasteiger partial charge is 0.303 e. The Bertz CT molecular complexity index is 135. The lowest BCUT2D eigenvalue weighted by atomic mass is 9.70. The molecule has 0 bridgehead atoms. The van der Waals surface area contributed by atoms with Crippen LogP contribution in [0.15, 0.2) is 0 Å². The zero-order valence-electron chi connectivity index (χ0n) is 8.51. The van der Waals surface area contributed by atoms with E-state index in [9.17, 15) is 0 Å². The standard InChI is InChI=1S/C10H21NS/c1-9(2)11(3)7-10(8-12)5-4-6-10/h9,12H,4-8H2,1-3H3. The molecule has 1 fully saturated rings. The second-order valence-electron chi connectivity index (χ2n) is 4.52. The van der Waals surface area contributed by atoms with Gasteiger partial charge >= 0.3 is 0 Å². The summed E-state index contributed by atoms with van der Waals surface area (Å²) in [6.45, 7) is 5.74. The average Bonchev–Trinajstić information content (AvgIpc) is 1.96. The van der Waals surface area contributed by atoms with E-state index in [1.165, 1.54) is 25.8 Å². The molecule has 0 amide bonds. The highest BCUT2D eigenvalue weighted by atomic mass is 32.1. The molecule has 0 atom stereocenters. The van der Waals surface area contributed by atoms with Crippen molar-refractivity contribution in [2.75, 3.05) is 19.3 Å². The molecular formula is C10H21NS. The Labute approximate surface area is 81.9 Å². The van der Waals surface area contributed by atoms with Gasteiger partial charge in [0.2, 0.25) is 0 Å². The summed E-state index contributed by atoms with van der Waals surface area (Å²) in [5.41, 5.74) is 0.558. The molecule has 0 spiro atoms. The van der Waals surface area contributed by atoms with Crippen molar-refractivity contribution in [3.05, 3.63) is 0 Å². The minimum Gasteiger partial charge on any atom is -0.303 e. The van der Waals surface area contributed by atoms with Crippen LogP contribution in [-0.4, -0.2) is 30.3 Å². The van der Waals surface area contributed by atoms with Gasteiger partial charge in [-0.2, -0.15) is 12.6 Å². The van der Waals surface area contributed by atoms with Gasteiger partial charge in [0.25, 0.3) is 0 Å². The van der Waals surface area contributed by atoms with Crippen LogP contribution in [0.4, 0.5) is 0 Å². The number of hydrogen-bond donors (Lipinski definition) is 1. The molecule has 0 heterocycles. The highest BCUT2D eigenvalue weighted by Crippen LogP contribution is 2.42. The summed E-state index contributed by atoms with van der Waals surface area (Å²) in [5, 5.41) is 0. The Hall–Kier alpha value is 0.310. The number of nitrogens with zero attached hydrogens (tertiary/aromatic N) is 1. The first-order chi connectivity index (χ1) is 5.59. The third-order valence-electron chi connectivity index (χ3n) is 3.22. The van der Waals surface area contributed by atoms with Crippen LogP contribution in [0.5, 0.6) is 0 Å². The van der Waals surface area contributed by atoms with Gasteiger partial charge in [0.1, 0.15) is 0 Å². The van der Waals surface area contributed by atoms with Gasteiger partial charge in [-0.3, -0.25) is 0 Å². The molecule has 1 aliphatic rings. The van der Waals surface area contributed by atoms with E-state index >= 15 is 0 Å². The fourth-order valence-electron chi connectivity index (χ4n) is 1.75. The first-order valence-electron chi connectivity index (χ1n) is 4.91. The molecule has 1 rings (SSSR count). The minimum absolute atomic E-state index is 0.558. The summed E-state index contributed by atoms with van der Waals surface area (Å²) in [6, 6.07) is 0.669. The summed E-state index contributed by atoms with van der Waals surface area (Å²) in [6.07, 6.45) is 4.17. The highest BCUT2D eigenvalue weighted by Gasteiger charge is 2.36. The molecule has 1 saturated carbocycles. The third-order valence-corrected chi connectivity index (χ3v) is 3.89. The predicted molar refractivity (Wildman–Crippen MR) is 57.9 cm³/mol. The van der Waals surface area contributed by atoms with Crippen molar-refractivity contribution >= 4 is 12.6 Å². The second kappa shape index (κ2) is 4.01. The molecule has 1 aliphatic carbocycles. The van der Waals surface area contributed by atoms with Gasteiger partial charge in [0.15, 0.2) is 0 Å². The molecule has 0 aromatic rings. The fourth-order valence-corrected chi connectivity index (χ4v) is 2.17. The maximum Gasteiger partial charge on any atom is 0.00454 e. The van der Waals surface area contributed by atoms with E-state index in [4.69, 9.17) is 0 Å². The molecule has 72 valence electrons. The van der Waals surface area contributed by atoms with Crippen molar-refractivity contribution in [1.29, 1.82) is 0 Å². The van der Waals surface area contributed by atoms with Crippen LogP contribution in [0, 0.1) is 5.41 Å². The van der Waals surface area contributed by atoms with Crippen LogP contribution in [0.1, 0.15) is 33.1 Å². The molecule has 12 heavy (non-hydrogen) atoms. The molecular weight excluding hydrogens is 166 g/mol. The first kappa shape index (κ1) is 10.4. The van der Waals surface area contributed by atoms with E-state index in [1.54, 1.807) is 0 Å². The van der Waals surface area contributed by atoms with E-state index < -0.39 is 0 Å². The van der Waals surface area contributed by atoms with Crippen LogP contribution >= 0.6 is 12.6 Å². The van der Waals surface area contributed by atoms with E-state index in [-0.39, 0.29) is 0 Å². The fraction of sp³-hybridized carbons (Fsp3) is 1.00. The van der Waals surface area contributed by atoms with Crippen molar-refractivity contribution in [3.8, 4) is 0 Å². The smallest absolute Gasteiger partial charge is 0.00454 e. The van der Waals surface area contributed by atoms with Gasteiger partial charge in [-0.25, -0.2) is 0 Å². The van der Waals surface area contributed by atoms with Gasteiger partial charge in [-0.05, 0) is 44.9 Å². The molecule has 0 N–H and O–H groups in total. The Balaban J connectivity index is 2.37. The molecule has 1 nitrogen and oxygen atoms in total. The van der Waals surface area contributed by atoms with Gasteiger partial charge in [0.05, 0.1) is 0 Å². The Morgan fingerprint density at radius 3 is 2.25 bits per heavy atom. The molecule has 0 radical (unpaired) electrons. The summed E-state index contributed by atoms with van der Waals surface area (Å²) in [7, 11) is 2.22. The van der Waals surface area contributed by atoms with Gasteiger partial charge in [-0.1, -0.05) is 6.42 Å². The lowest BCUT2D eigenvalue weighted by molar-refractivity contribution is 0.0897. The van der Waals surface area contributed by atoms with Crippen molar-refractivity contribution in [2.24, 2.45) is 5.41 Å². The summed E-state index contributed by atoms with van der Waals surface area (Å²) >= 11 is 4.45. The van der Waals surface area contributed by atoms with Crippen LogP contribution in [0.3, 0.4) is 0 Å². The zero-order chi connectivity index (χ0) is 9.19. The quantitative estimate of drug-likeness (QED) is 0.662. The highest BCUT2D eigenvalue weighted by molar-refractivity contribution is 7.80. The zero-order valence-corrected chi connectivity index (χ0v) is 9.40. The maximum absolute atomic E-state index is 4.45. The van der Waals surface area contributed by atoms with Crippen LogP contribution in [0.2, 0.25) is 0 Å². The van der Waals surface area contributed by atoms with Gasteiger partial charge in [0, 0.05) is 12.6 Å². The number of hydrogen-bond acceptors (Lipinski definition) is 2. The van der Waals surface area contributed by atoms with Crippen molar-refractivity contribution in [2.45, 2.75) is 39.2 Å². The van der Waals surface area contributed by atoms with Crippen molar-refractivity contribution in [1.82, 2.24) is 4.90 Å². The molecule has 0 aromatic heterocycles. The Kier molecular flexibility index (Phi) is 3.47. The second-order valence-corrected chi connectivity index (χ2v) is 4.84.